The molecule has 0 aromatic heterocycles. The molecule has 15 heavy (non-hydrogen) atoms. The molecular weight excluding hydrogens is 192 g/mol. The maximum atomic E-state index is 11.2. The van der Waals surface area contributed by atoms with E-state index in [1.807, 2.05) is 6.08 Å². The van der Waals surface area contributed by atoms with Gasteiger partial charge in [-0.25, -0.2) is 0 Å². The highest BCUT2D eigenvalue weighted by atomic mass is 16.6. The van der Waals surface area contributed by atoms with E-state index < -0.39 is 0 Å². The van der Waals surface area contributed by atoms with Crippen molar-refractivity contribution in [2.75, 3.05) is 6.54 Å². The van der Waals surface area contributed by atoms with Crippen molar-refractivity contribution in [3.05, 3.63) is 48.8 Å². The minimum atomic E-state index is 0.0448. The van der Waals surface area contributed by atoms with Gasteiger partial charge in [-0.05, 0) is 12.2 Å². The van der Waals surface area contributed by atoms with Crippen LogP contribution in [0.1, 0.15) is 6.42 Å². The van der Waals surface area contributed by atoms with E-state index in [0.717, 1.165) is 0 Å². The molecule has 0 N–H and O–H groups in total. The van der Waals surface area contributed by atoms with Crippen molar-refractivity contribution in [2.24, 2.45) is 10.4 Å². The van der Waals surface area contributed by atoms with Gasteiger partial charge >= 0.3 is 0 Å². The van der Waals surface area contributed by atoms with Crippen molar-refractivity contribution in [1.29, 1.82) is 0 Å². The van der Waals surface area contributed by atoms with Gasteiger partial charge in [0.1, 0.15) is 6.26 Å². The van der Waals surface area contributed by atoms with Crippen molar-refractivity contribution in [2.45, 2.75) is 6.42 Å². The molecule has 0 aromatic rings. The van der Waals surface area contributed by atoms with Gasteiger partial charge in [0, 0.05) is 11.7 Å². The van der Waals surface area contributed by atoms with Crippen LogP contribution in [-0.4, -0.2) is 12.3 Å². The second-order valence-corrected chi connectivity index (χ2v) is 2.73. The minimum Gasteiger partial charge on any atom is -0.348 e. The first-order valence-corrected chi connectivity index (χ1v) is 4.60. The molecule has 4 nitrogen and oxygen atoms in total. The predicted octanol–water partition coefficient (Wildman–Crippen LogP) is 2.53. The molecule has 0 spiro atoms. The number of hydrogen-bond acceptors (Lipinski definition) is 4. The number of ketones is 1. The van der Waals surface area contributed by atoms with Crippen LogP contribution < -0.4 is 0 Å². The molecule has 0 amide bonds. The van der Waals surface area contributed by atoms with Crippen LogP contribution in [0.2, 0.25) is 0 Å². The first-order valence-electron chi connectivity index (χ1n) is 4.60. The molecule has 0 unspecified atom stereocenters. The smallest absolute Gasteiger partial charge is 0.159 e. The van der Waals surface area contributed by atoms with Gasteiger partial charge in [-0.3, -0.25) is 4.79 Å². The Labute approximate surface area is 88.3 Å². The predicted molar refractivity (Wildman–Crippen MR) is 57.0 cm³/mol. The fourth-order valence-corrected chi connectivity index (χ4v) is 0.865. The summed E-state index contributed by atoms with van der Waals surface area (Å²) >= 11 is 0. The van der Waals surface area contributed by atoms with E-state index in [-0.39, 0.29) is 5.78 Å². The van der Waals surface area contributed by atoms with E-state index in [1.165, 1.54) is 12.3 Å². The normalized spacial score (nSPS) is 26.0. The van der Waals surface area contributed by atoms with Crippen molar-refractivity contribution in [1.82, 2.24) is 0 Å². The highest BCUT2D eigenvalue weighted by Crippen LogP contribution is 1.92. The van der Waals surface area contributed by atoms with Crippen LogP contribution in [0.25, 0.3) is 0 Å². The van der Waals surface area contributed by atoms with Crippen LogP contribution in [0.4, 0.5) is 0 Å². The van der Waals surface area contributed by atoms with E-state index in [1.54, 1.807) is 30.4 Å². The monoisotopic (exact) mass is 204 g/mol. The molecule has 1 rings (SSSR count). The summed E-state index contributed by atoms with van der Waals surface area (Å²) < 4.78 is 0. The largest absolute Gasteiger partial charge is 0.348 e. The fraction of sp³-hybridized carbons (Fsp3) is 0.182. The summed E-state index contributed by atoms with van der Waals surface area (Å²) in [6, 6.07) is 0. The zero-order valence-corrected chi connectivity index (χ0v) is 8.24. The van der Waals surface area contributed by atoms with Gasteiger partial charge in [-0.15, -0.1) is 5.11 Å². The van der Waals surface area contributed by atoms with Crippen molar-refractivity contribution in [3.63, 3.8) is 0 Å². The van der Waals surface area contributed by atoms with Gasteiger partial charge in [-0.2, -0.15) is 0 Å². The maximum Gasteiger partial charge on any atom is 0.159 e. The summed E-state index contributed by atoms with van der Waals surface area (Å²) in [7, 11) is 0. The lowest BCUT2D eigenvalue weighted by Gasteiger charge is -1.87. The molecule has 0 saturated carbocycles. The Bertz CT molecular complexity index is 338. The highest BCUT2D eigenvalue weighted by Gasteiger charge is 1.90. The molecular formula is C11H12N2O2. The molecule has 0 aromatic carbocycles. The van der Waals surface area contributed by atoms with Crippen molar-refractivity contribution >= 4 is 5.78 Å². The molecule has 1 aliphatic rings. The average Bonchev–Trinajstić information content (AvgIpc) is 2.24. The summed E-state index contributed by atoms with van der Waals surface area (Å²) in [5.74, 6) is 0.0448. The first kappa shape index (κ1) is 11.1. The van der Waals surface area contributed by atoms with E-state index in [0.29, 0.717) is 13.0 Å². The Morgan fingerprint density at radius 2 is 2.00 bits per heavy atom. The minimum absolute atomic E-state index is 0.0448. The van der Waals surface area contributed by atoms with Crippen LogP contribution in [0.3, 0.4) is 0 Å². The zero-order valence-electron chi connectivity index (χ0n) is 8.24. The number of allylic oxidation sites excluding steroid dienone is 6. The molecule has 78 valence electrons. The van der Waals surface area contributed by atoms with Gasteiger partial charge in [0.25, 0.3) is 0 Å². The molecule has 0 bridgehead atoms. The van der Waals surface area contributed by atoms with E-state index >= 15 is 0 Å². The lowest BCUT2D eigenvalue weighted by Crippen LogP contribution is -1.89. The molecule has 0 aliphatic carbocycles. The van der Waals surface area contributed by atoms with Crippen molar-refractivity contribution < 1.29 is 9.63 Å². The van der Waals surface area contributed by atoms with Crippen molar-refractivity contribution in [3.8, 4) is 0 Å². The van der Waals surface area contributed by atoms with E-state index in [2.05, 4.69) is 15.2 Å². The summed E-state index contributed by atoms with van der Waals surface area (Å²) in [4.78, 5) is 15.9. The Morgan fingerprint density at radius 3 is 2.93 bits per heavy atom. The second-order valence-electron chi connectivity index (χ2n) is 2.73. The van der Waals surface area contributed by atoms with Gasteiger partial charge < -0.3 is 4.84 Å². The summed E-state index contributed by atoms with van der Waals surface area (Å²) in [5, 5.41) is 7.07. The Kier molecular flexibility index (Phi) is 5.51. The average molecular weight is 204 g/mol. The van der Waals surface area contributed by atoms with Gasteiger partial charge in [0.15, 0.2) is 5.78 Å². The number of hydrogen-bond donors (Lipinski definition) is 0. The summed E-state index contributed by atoms with van der Waals surface area (Å²) in [5.41, 5.74) is 0. The van der Waals surface area contributed by atoms with Crippen LogP contribution >= 0.6 is 0 Å². The number of rotatable bonds is 0. The lowest BCUT2D eigenvalue weighted by molar-refractivity contribution is -0.113. The van der Waals surface area contributed by atoms with Crippen LogP contribution in [0.15, 0.2) is 59.2 Å². The van der Waals surface area contributed by atoms with E-state index in [9.17, 15) is 4.79 Å². The molecule has 1 aliphatic heterocycles. The summed E-state index contributed by atoms with van der Waals surface area (Å²) in [6.07, 6.45) is 13.8. The highest BCUT2D eigenvalue weighted by molar-refractivity contribution is 5.90. The molecule has 0 fully saturated rings. The SMILES string of the molecule is O=C1/C=C/CN=NO\C=C/C=C/C=C/C1. The molecule has 4 heteroatoms. The number of carbonyl (C=O) groups is 1. The Morgan fingerprint density at radius 1 is 1.13 bits per heavy atom. The van der Waals surface area contributed by atoms with Gasteiger partial charge in [0.2, 0.25) is 0 Å². The standard InChI is InChI=1S/C11H12N2O2/c14-11-7-4-2-1-3-5-10-15-13-12-9-6-8-11/h1-6,8,10H,7,9H2/b3-1+,4-2+,8-6+,10-5-,13-12?. The van der Waals surface area contributed by atoms with Crippen LogP contribution in [-0.2, 0) is 9.63 Å². The molecule has 0 atom stereocenters. The summed E-state index contributed by atoms with van der Waals surface area (Å²) in [6.45, 7) is 0.346. The second kappa shape index (κ2) is 7.44. The number of carbonyl (C=O) groups excluding carboxylic acids is 1. The third kappa shape index (κ3) is 6.15. The molecule has 1 heterocycles. The Hall–Kier alpha value is -1.97. The zero-order chi connectivity index (χ0) is 10.8. The topological polar surface area (TPSA) is 51.0 Å². The molecule has 0 saturated heterocycles. The molecule has 0 radical (unpaired) electrons. The van der Waals surface area contributed by atoms with Gasteiger partial charge in [0.05, 0.1) is 6.54 Å². The van der Waals surface area contributed by atoms with Crippen LogP contribution in [0.5, 0.6) is 0 Å². The first-order chi connectivity index (χ1) is 7.39. The van der Waals surface area contributed by atoms with E-state index in [4.69, 9.17) is 0 Å². The third-order valence-corrected chi connectivity index (χ3v) is 1.52. The maximum absolute atomic E-state index is 11.2. The number of nitrogens with zero attached hydrogens (tertiary/aromatic N) is 2. The third-order valence-electron chi connectivity index (χ3n) is 1.52. The lowest BCUT2D eigenvalue weighted by atomic mass is 10.2. The quantitative estimate of drug-likeness (QED) is 0.608. The van der Waals surface area contributed by atoms with Gasteiger partial charge in [-0.1, -0.05) is 30.4 Å². The Balaban J connectivity index is 2.59. The fourth-order valence-electron chi connectivity index (χ4n) is 0.865. The van der Waals surface area contributed by atoms with Crippen LogP contribution in [0, 0.1) is 0 Å².